The van der Waals surface area contributed by atoms with Gasteiger partial charge in [0.25, 0.3) is 0 Å². The van der Waals surface area contributed by atoms with Crippen molar-refractivity contribution in [1.29, 1.82) is 5.26 Å². The first-order valence-electron chi connectivity index (χ1n) is 16.1. The van der Waals surface area contributed by atoms with Crippen LogP contribution in [0.3, 0.4) is 0 Å². The van der Waals surface area contributed by atoms with Crippen LogP contribution in [0.5, 0.6) is 5.75 Å². The lowest BCUT2D eigenvalue weighted by atomic mass is 9.78. The summed E-state index contributed by atoms with van der Waals surface area (Å²) in [6, 6.07) is 17.7. The van der Waals surface area contributed by atoms with E-state index in [9.17, 15) is 10.1 Å². The number of ether oxygens (including phenoxy) is 2. The van der Waals surface area contributed by atoms with Crippen LogP contribution in [0, 0.1) is 29.1 Å². The number of hydrogen-bond acceptors (Lipinski definition) is 8. The van der Waals surface area contributed by atoms with Crippen LogP contribution in [0.15, 0.2) is 54.7 Å². The molecule has 0 spiro atoms. The van der Waals surface area contributed by atoms with E-state index in [1.807, 2.05) is 62.2 Å². The fourth-order valence-electron chi connectivity index (χ4n) is 6.85. The minimum absolute atomic E-state index is 0.200. The highest BCUT2D eigenvalue weighted by Gasteiger charge is 2.43. The summed E-state index contributed by atoms with van der Waals surface area (Å²) in [4.78, 5) is 28.4. The fourth-order valence-corrected chi connectivity index (χ4v) is 7.09. The molecule has 9 nitrogen and oxygen atoms in total. The van der Waals surface area contributed by atoms with Gasteiger partial charge in [0, 0.05) is 68.4 Å². The molecule has 6 rings (SSSR count). The number of nitrogens with zero attached hydrogens (tertiary/aromatic N) is 6. The van der Waals surface area contributed by atoms with Gasteiger partial charge in [-0.3, -0.25) is 0 Å². The summed E-state index contributed by atoms with van der Waals surface area (Å²) in [5, 5.41) is 9.92. The molecule has 10 heteroatoms. The van der Waals surface area contributed by atoms with Crippen LogP contribution in [-0.4, -0.2) is 77.3 Å². The number of carbonyl (C=O) groups excluding carboxylic acids is 1. The standard InChI is InChI=1S/C36H43ClN6O3/c1-35(2,3)46-34(44)43-17-25(18-43)16-41-19-26-21-42(22-27(26)20-41)33-39-11-10-31(40-33)23-45-32-8-6-28(7-9-32)36(4,5)29-12-24(15-38)13-30(37)14-29/h6-14,25-27H,16-23H2,1-5H3. The Morgan fingerprint density at radius 3 is 2.30 bits per heavy atom. The molecule has 0 aliphatic carbocycles. The van der Waals surface area contributed by atoms with Gasteiger partial charge in [0.2, 0.25) is 5.95 Å². The highest BCUT2D eigenvalue weighted by molar-refractivity contribution is 6.30. The van der Waals surface area contributed by atoms with Crippen molar-refractivity contribution in [2.45, 2.75) is 52.2 Å². The van der Waals surface area contributed by atoms with Crippen LogP contribution >= 0.6 is 11.6 Å². The smallest absolute Gasteiger partial charge is 0.410 e. The van der Waals surface area contributed by atoms with Crippen molar-refractivity contribution in [2.75, 3.05) is 50.7 Å². The van der Waals surface area contributed by atoms with Crippen molar-refractivity contribution in [1.82, 2.24) is 19.8 Å². The molecule has 2 aromatic carbocycles. The predicted octanol–water partition coefficient (Wildman–Crippen LogP) is 6.14. The topological polar surface area (TPSA) is 94.8 Å². The number of benzene rings is 2. The molecule has 0 bridgehead atoms. The molecule has 46 heavy (non-hydrogen) atoms. The second-order valence-corrected chi connectivity index (χ2v) is 15.0. The van der Waals surface area contributed by atoms with Gasteiger partial charge in [0.15, 0.2) is 0 Å². The number of rotatable bonds is 8. The molecule has 3 aliphatic rings. The van der Waals surface area contributed by atoms with Gasteiger partial charge in [0.05, 0.1) is 17.3 Å². The molecule has 0 N–H and O–H groups in total. The predicted molar refractivity (Wildman–Crippen MR) is 178 cm³/mol. The van der Waals surface area contributed by atoms with E-state index < -0.39 is 5.60 Å². The molecular formula is C36H43ClN6O3. The summed E-state index contributed by atoms with van der Waals surface area (Å²) >= 11 is 6.28. The first-order chi connectivity index (χ1) is 21.9. The summed E-state index contributed by atoms with van der Waals surface area (Å²) in [6.45, 7) is 17.0. The van der Waals surface area contributed by atoms with E-state index in [4.69, 9.17) is 26.1 Å². The maximum Gasteiger partial charge on any atom is 0.410 e. The van der Waals surface area contributed by atoms with Crippen LogP contribution < -0.4 is 9.64 Å². The largest absolute Gasteiger partial charge is 0.487 e. The van der Waals surface area contributed by atoms with Gasteiger partial charge in [-0.15, -0.1) is 0 Å². The van der Waals surface area contributed by atoms with Crippen LogP contribution in [0.4, 0.5) is 10.7 Å². The zero-order chi connectivity index (χ0) is 32.6. The van der Waals surface area contributed by atoms with Gasteiger partial charge < -0.3 is 24.2 Å². The number of nitriles is 1. The van der Waals surface area contributed by atoms with Crippen molar-refractivity contribution in [3.05, 3.63) is 82.1 Å². The monoisotopic (exact) mass is 642 g/mol. The second-order valence-electron chi connectivity index (χ2n) is 14.5. The number of hydrogen-bond donors (Lipinski definition) is 0. The number of halogens is 1. The van der Waals surface area contributed by atoms with Crippen molar-refractivity contribution >= 4 is 23.6 Å². The lowest BCUT2D eigenvalue weighted by molar-refractivity contribution is -0.00556. The van der Waals surface area contributed by atoms with E-state index in [2.05, 4.69) is 46.8 Å². The van der Waals surface area contributed by atoms with E-state index in [0.29, 0.717) is 34.9 Å². The highest BCUT2D eigenvalue weighted by atomic mass is 35.5. The Labute approximate surface area is 277 Å². The fraction of sp³-hybridized carbons (Fsp3) is 0.500. The first-order valence-corrected chi connectivity index (χ1v) is 16.5. The van der Waals surface area contributed by atoms with Crippen molar-refractivity contribution in [3.63, 3.8) is 0 Å². The Bertz CT molecular complexity index is 1600. The third kappa shape index (κ3) is 7.24. The second kappa shape index (κ2) is 12.7. The molecule has 0 radical (unpaired) electrons. The molecule has 0 saturated carbocycles. The highest BCUT2D eigenvalue weighted by Crippen LogP contribution is 2.36. The third-order valence-electron chi connectivity index (χ3n) is 9.38. The minimum atomic E-state index is -0.452. The van der Waals surface area contributed by atoms with Crippen LogP contribution in [-0.2, 0) is 16.8 Å². The van der Waals surface area contributed by atoms with E-state index in [-0.39, 0.29) is 11.5 Å². The van der Waals surface area contributed by atoms with Crippen molar-refractivity contribution < 1.29 is 14.3 Å². The average molecular weight is 643 g/mol. The number of anilines is 1. The quantitative estimate of drug-likeness (QED) is 0.289. The molecule has 3 fully saturated rings. The molecule has 242 valence electrons. The maximum absolute atomic E-state index is 12.3. The molecule has 1 aromatic heterocycles. The number of likely N-dealkylation sites (tertiary alicyclic amines) is 2. The summed E-state index contributed by atoms with van der Waals surface area (Å²) in [5.74, 6) is 3.26. The molecule has 3 aliphatic heterocycles. The van der Waals surface area contributed by atoms with Gasteiger partial charge in [-0.2, -0.15) is 5.26 Å². The van der Waals surface area contributed by atoms with Gasteiger partial charge >= 0.3 is 6.09 Å². The van der Waals surface area contributed by atoms with Crippen LogP contribution in [0.1, 0.15) is 57.0 Å². The minimum Gasteiger partial charge on any atom is -0.487 e. The van der Waals surface area contributed by atoms with Gasteiger partial charge in [-0.1, -0.05) is 37.6 Å². The molecule has 3 aromatic rings. The normalized spacial score (nSPS) is 20.3. The lowest BCUT2D eigenvalue weighted by Crippen LogP contribution is -2.54. The van der Waals surface area contributed by atoms with Crippen molar-refractivity contribution in [2.24, 2.45) is 17.8 Å². The SMILES string of the molecule is CC(C)(C)OC(=O)N1CC(CN2CC3CN(c4nccc(COc5ccc(C(C)(C)c6cc(Cl)cc(C#N)c6)cc5)n4)CC3C2)C1. The third-order valence-corrected chi connectivity index (χ3v) is 9.60. The Morgan fingerprint density at radius 1 is 0.957 bits per heavy atom. The Hall–Kier alpha value is -3.87. The Morgan fingerprint density at radius 2 is 1.65 bits per heavy atom. The van der Waals surface area contributed by atoms with Gasteiger partial charge in [-0.05, 0) is 80.1 Å². The average Bonchev–Trinajstić information content (AvgIpc) is 3.56. The molecular weight excluding hydrogens is 600 g/mol. The van der Waals surface area contributed by atoms with E-state index >= 15 is 0 Å². The van der Waals surface area contributed by atoms with E-state index in [0.717, 1.165) is 74.3 Å². The first kappa shape index (κ1) is 32.1. The van der Waals surface area contributed by atoms with Crippen molar-refractivity contribution in [3.8, 4) is 11.8 Å². The van der Waals surface area contributed by atoms with Gasteiger partial charge in [0.1, 0.15) is 18.0 Å². The van der Waals surface area contributed by atoms with E-state index in [1.54, 1.807) is 6.07 Å². The molecule has 3 saturated heterocycles. The Kier molecular flexibility index (Phi) is 8.88. The van der Waals surface area contributed by atoms with Gasteiger partial charge in [-0.25, -0.2) is 14.8 Å². The molecule has 4 heterocycles. The molecule has 1 amide bonds. The zero-order valence-corrected chi connectivity index (χ0v) is 28.1. The lowest BCUT2D eigenvalue weighted by Gasteiger charge is -2.41. The number of aromatic nitrogens is 2. The van der Waals surface area contributed by atoms with E-state index in [1.165, 1.54) is 0 Å². The summed E-state index contributed by atoms with van der Waals surface area (Å²) in [6.07, 6.45) is 1.62. The summed E-state index contributed by atoms with van der Waals surface area (Å²) < 4.78 is 11.6. The number of amides is 1. The zero-order valence-electron chi connectivity index (χ0n) is 27.4. The van der Waals surface area contributed by atoms with Crippen LogP contribution in [0.25, 0.3) is 0 Å². The molecule has 2 atom stereocenters. The summed E-state index contributed by atoms with van der Waals surface area (Å²) in [7, 11) is 0. The number of carbonyl (C=O) groups is 1. The maximum atomic E-state index is 12.3. The number of fused-ring (bicyclic) bond motifs is 1. The Balaban J connectivity index is 0.978. The van der Waals surface area contributed by atoms with Crippen LogP contribution in [0.2, 0.25) is 5.02 Å². The summed E-state index contributed by atoms with van der Waals surface area (Å²) in [5.41, 5.74) is 2.70. The molecule has 2 unspecified atom stereocenters.